The fourth-order valence-electron chi connectivity index (χ4n) is 0.254. The van der Waals surface area contributed by atoms with Crippen LogP contribution in [0.25, 0.3) is 0 Å². The predicted octanol–water partition coefficient (Wildman–Crippen LogP) is -0.578. The number of primary amides is 1. The number of hydrogen-bond acceptors (Lipinski definition) is 2. The van der Waals surface area contributed by atoms with Crippen LogP contribution in [0.1, 0.15) is 6.92 Å². The highest BCUT2D eigenvalue weighted by atomic mass is 16.1. The van der Waals surface area contributed by atoms with E-state index in [0.717, 1.165) is 0 Å². The Hall–Kier alpha value is -0.570. The highest BCUT2D eigenvalue weighted by molar-refractivity contribution is 5.79. The molecule has 48 valence electrons. The minimum absolute atomic E-state index is 0.157. The third kappa shape index (κ3) is 1.93. The maximum atomic E-state index is 10.3. The van der Waals surface area contributed by atoms with E-state index < -0.39 is 0 Å². The quantitative estimate of drug-likeness (QED) is 0.524. The number of rotatable bonds is 2. The van der Waals surface area contributed by atoms with Crippen molar-refractivity contribution in [2.45, 2.75) is 13.0 Å². The molecule has 0 heterocycles. The Morgan fingerprint density at radius 3 is 2.00 bits per heavy atom. The van der Waals surface area contributed by atoms with Crippen molar-refractivity contribution in [3.05, 3.63) is 0 Å². The lowest BCUT2D eigenvalue weighted by atomic mass is 10.3. The van der Waals surface area contributed by atoms with Crippen molar-refractivity contribution in [3.63, 3.8) is 0 Å². The van der Waals surface area contributed by atoms with Crippen LogP contribution in [0.4, 0.5) is 0 Å². The van der Waals surface area contributed by atoms with Crippen LogP contribution in [0.15, 0.2) is 0 Å². The molecule has 0 aliphatic carbocycles. The first-order valence-corrected chi connectivity index (χ1v) is 2.51. The molecule has 0 aromatic heterocycles. The minimum atomic E-state index is -0.282. The zero-order valence-electron chi connectivity index (χ0n) is 5.51. The van der Waals surface area contributed by atoms with Gasteiger partial charge in [-0.2, -0.15) is 0 Å². The summed E-state index contributed by atoms with van der Waals surface area (Å²) in [7, 11) is 3.63. The summed E-state index contributed by atoms with van der Waals surface area (Å²) in [4.78, 5) is 12.1. The molecule has 3 nitrogen and oxygen atoms in total. The first-order valence-electron chi connectivity index (χ1n) is 2.51. The average Bonchev–Trinajstić information content (AvgIpc) is 1.64. The van der Waals surface area contributed by atoms with Crippen LogP contribution in [0.3, 0.4) is 0 Å². The van der Waals surface area contributed by atoms with Gasteiger partial charge >= 0.3 is 0 Å². The van der Waals surface area contributed by atoms with Gasteiger partial charge in [0.2, 0.25) is 5.91 Å². The molecule has 0 saturated carbocycles. The van der Waals surface area contributed by atoms with Crippen molar-refractivity contribution in [1.82, 2.24) is 4.90 Å². The summed E-state index contributed by atoms with van der Waals surface area (Å²) in [5.74, 6) is -0.282. The minimum Gasteiger partial charge on any atom is -0.368 e. The Bertz CT molecular complexity index is 90.4. The molecule has 0 aromatic carbocycles. The van der Waals surface area contributed by atoms with Gasteiger partial charge in [0.25, 0.3) is 0 Å². The number of amides is 1. The molecule has 8 heavy (non-hydrogen) atoms. The number of likely N-dealkylation sites (N-methyl/N-ethyl adjacent to an activating group) is 1. The van der Waals surface area contributed by atoms with E-state index in [2.05, 4.69) is 0 Å². The molecule has 0 saturated heterocycles. The second-order valence-corrected chi connectivity index (χ2v) is 2.04. The van der Waals surface area contributed by atoms with Gasteiger partial charge in [0, 0.05) is 0 Å². The molecular formula is C5H12N2O. The van der Waals surface area contributed by atoms with E-state index in [9.17, 15) is 4.79 Å². The van der Waals surface area contributed by atoms with E-state index in [1.807, 2.05) is 14.1 Å². The fourth-order valence-corrected chi connectivity index (χ4v) is 0.254. The van der Waals surface area contributed by atoms with Crippen LogP contribution >= 0.6 is 0 Å². The smallest absolute Gasteiger partial charge is 0.234 e. The maximum Gasteiger partial charge on any atom is 0.234 e. The molecular weight excluding hydrogens is 104 g/mol. The monoisotopic (exact) mass is 116 g/mol. The lowest BCUT2D eigenvalue weighted by Gasteiger charge is -2.14. The molecule has 0 aliphatic rings. The summed E-state index contributed by atoms with van der Waals surface area (Å²) in [6, 6.07) is -0.157. The summed E-state index contributed by atoms with van der Waals surface area (Å²) in [5.41, 5.74) is 4.96. The first-order chi connectivity index (χ1) is 3.55. The lowest BCUT2D eigenvalue weighted by molar-refractivity contribution is -0.121. The molecule has 0 fully saturated rings. The molecule has 1 unspecified atom stereocenters. The third-order valence-corrected chi connectivity index (χ3v) is 1.19. The van der Waals surface area contributed by atoms with Crippen molar-refractivity contribution in [3.8, 4) is 0 Å². The van der Waals surface area contributed by atoms with E-state index in [1.165, 1.54) is 0 Å². The molecule has 0 bridgehead atoms. The van der Waals surface area contributed by atoms with Gasteiger partial charge in [-0.15, -0.1) is 0 Å². The number of carbonyl (C=O) groups excluding carboxylic acids is 1. The van der Waals surface area contributed by atoms with Crippen molar-refractivity contribution in [2.24, 2.45) is 5.73 Å². The summed E-state index contributed by atoms with van der Waals surface area (Å²) < 4.78 is 0. The van der Waals surface area contributed by atoms with Crippen LogP contribution in [0, 0.1) is 0 Å². The standard InChI is InChI=1S/C5H12N2O/c1-4(5(6)8)7(2)3/h4H,1-3H3,(H2,6,8). The van der Waals surface area contributed by atoms with Crippen LogP contribution in [0.2, 0.25) is 0 Å². The van der Waals surface area contributed by atoms with Crippen LogP contribution in [-0.2, 0) is 4.79 Å². The van der Waals surface area contributed by atoms with Gasteiger partial charge in [-0.25, -0.2) is 0 Å². The zero-order chi connectivity index (χ0) is 6.73. The molecule has 2 N–H and O–H groups in total. The molecule has 0 rings (SSSR count). The van der Waals surface area contributed by atoms with Gasteiger partial charge in [-0.1, -0.05) is 0 Å². The van der Waals surface area contributed by atoms with Gasteiger partial charge in [0.15, 0.2) is 0 Å². The molecule has 0 aliphatic heterocycles. The van der Waals surface area contributed by atoms with E-state index in [-0.39, 0.29) is 11.9 Å². The SMILES string of the molecule is CC(C(N)=O)N(C)C. The third-order valence-electron chi connectivity index (χ3n) is 1.19. The van der Waals surface area contributed by atoms with E-state index in [1.54, 1.807) is 11.8 Å². The van der Waals surface area contributed by atoms with Gasteiger partial charge in [-0.3, -0.25) is 9.69 Å². The Labute approximate surface area is 49.5 Å². The normalized spacial score (nSPS) is 14.0. The largest absolute Gasteiger partial charge is 0.368 e. The summed E-state index contributed by atoms with van der Waals surface area (Å²) in [6.07, 6.45) is 0. The van der Waals surface area contributed by atoms with Crippen molar-refractivity contribution in [1.29, 1.82) is 0 Å². The highest BCUT2D eigenvalue weighted by Crippen LogP contribution is 1.86. The van der Waals surface area contributed by atoms with Crippen LogP contribution < -0.4 is 5.73 Å². The first kappa shape index (κ1) is 7.43. The Balaban J connectivity index is 3.64. The fraction of sp³-hybridized carbons (Fsp3) is 0.800. The summed E-state index contributed by atoms with van der Waals surface area (Å²) in [6.45, 7) is 1.77. The van der Waals surface area contributed by atoms with Gasteiger partial charge < -0.3 is 5.73 Å². The van der Waals surface area contributed by atoms with E-state index in [0.29, 0.717) is 0 Å². The second kappa shape index (κ2) is 2.67. The van der Waals surface area contributed by atoms with Gasteiger partial charge in [-0.05, 0) is 21.0 Å². The predicted molar refractivity (Wildman–Crippen MR) is 32.3 cm³/mol. The molecule has 0 spiro atoms. The van der Waals surface area contributed by atoms with E-state index >= 15 is 0 Å². The van der Waals surface area contributed by atoms with Crippen LogP contribution in [-0.4, -0.2) is 30.9 Å². The van der Waals surface area contributed by atoms with Gasteiger partial charge in [0.05, 0.1) is 6.04 Å². The lowest BCUT2D eigenvalue weighted by Crippen LogP contribution is -2.37. The summed E-state index contributed by atoms with van der Waals surface area (Å²) >= 11 is 0. The number of hydrogen-bond donors (Lipinski definition) is 1. The zero-order valence-corrected chi connectivity index (χ0v) is 5.51. The molecule has 0 radical (unpaired) electrons. The molecule has 0 aromatic rings. The highest BCUT2D eigenvalue weighted by Gasteiger charge is 2.08. The van der Waals surface area contributed by atoms with Crippen LogP contribution in [0.5, 0.6) is 0 Å². The number of carbonyl (C=O) groups is 1. The molecule has 1 amide bonds. The number of nitrogens with two attached hydrogens (primary N) is 1. The Morgan fingerprint density at radius 2 is 2.00 bits per heavy atom. The Morgan fingerprint density at radius 1 is 1.62 bits per heavy atom. The van der Waals surface area contributed by atoms with E-state index in [4.69, 9.17) is 5.73 Å². The Kier molecular flexibility index (Phi) is 2.48. The maximum absolute atomic E-state index is 10.3. The number of nitrogens with zero attached hydrogens (tertiary/aromatic N) is 1. The second-order valence-electron chi connectivity index (χ2n) is 2.04. The average molecular weight is 116 g/mol. The van der Waals surface area contributed by atoms with Crippen molar-refractivity contribution < 1.29 is 4.79 Å². The van der Waals surface area contributed by atoms with Gasteiger partial charge in [0.1, 0.15) is 0 Å². The van der Waals surface area contributed by atoms with Crippen molar-refractivity contribution >= 4 is 5.91 Å². The summed E-state index contributed by atoms with van der Waals surface area (Å²) in [5, 5.41) is 0. The van der Waals surface area contributed by atoms with Crippen molar-refractivity contribution in [2.75, 3.05) is 14.1 Å². The topological polar surface area (TPSA) is 46.3 Å². The molecule has 1 atom stereocenters. The molecule has 3 heteroatoms.